The minimum atomic E-state index is 0. The summed E-state index contributed by atoms with van der Waals surface area (Å²) in [5.41, 5.74) is 2.54. The number of nitrogens with one attached hydrogen (secondary N) is 1. The van der Waals surface area contributed by atoms with E-state index in [1.807, 2.05) is 0 Å². The van der Waals surface area contributed by atoms with Gasteiger partial charge in [-0.3, -0.25) is 9.58 Å². The molecule has 0 atom stereocenters. The van der Waals surface area contributed by atoms with Crippen LogP contribution < -0.4 is 5.32 Å². The van der Waals surface area contributed by atoms with Crippen molar-refractivity contribution in [1.82, 2.24) is 20.0 Å². The van der Waals surface area contributed by atoms with Crippen LogP contribution in [-0.2, 0) is 6.54 Å². The molecule has 4 nitrogen and oxygen atoms in total. The van der Waals surface area contributed by atoms with E-state index in [2.05, 4.69) is 54.0 Å². The van der Waals surface area contributed by atoms with E-state index < -0.39 is 0 Å². The van der Waals surface area contributed by atoms with Crippen molar-refractivity contribution >= 4 is 12.4 Å². The van der Waals surface area contributed by atoms with Gasteiger partial charge in [-0.1, -0.05) is 0 Å². The fourth-order valence-corrected chi connectivity index (χ4v) is 2.58. The van der Waals surface area contributed by atoms with Gasteiger partial charge in [0.2, 0.25) is 0 Å². The Morgan fingerprint density at radius 1 is 1.42 bits per heavy atom. The number of piperidine rings is 1. The Hall–Kier alpha value is -0.580. The van der Waals surface area contributed by atoms with Gasteiger partial charge in [0.1, 0.15) is 0 Å². The molecule has 0 bridgehead atoms. The minimum Gasteiger partial charge on any atom is -0.317 e. The lowest BCUT2D eigenvalue weighted by molar-refractivity contribution is 0.191. The van der Waals surface area contributed by atoms with Crippen LogP contribution in [0.2, 0.25) is 0 Å². The van der Waals surface area contributed by atoms with Gasteiger partial charge in [-0.05, 0) is 53.8 Å². The smallest absolute Gasteiger partial charge is 0.0638 e. The summed E-state index contributed by atoms with van der Waals surface area (Å²) in [6, 6.07) is 1.16. The maximum absolute atomic E-state index is 4.59. The first-order valence-electron chi connectivity index (χ1n) is 7.03. The van der Waals surface area contributed by atoms with E-state index in [4.69, 9.17) is 0 Å². The van der Waals surface area contributed by atoms with Gasteiger partial charge < -0.3 is 5.32 Å². The second kappa shape index (κ2) is 7.27. The van der Waals surface area contributed by atoms with E-state index >= 15 is 0 Å². The average Bonchev–Trinajstić information content (AvgIpc) is 2.72. The third-order valence-electron chi connectivity index (χ3n) is 3.90. The van der Waals surface area contributed by atoms with Crippen LogP contribution in [0.3, 0.4) is 0 Å². The van der Waals surface area contributed by atoms with Crippen LogP contribution in [0.5, 0.6) is 0 Å². The first kappa shape index (κ1) is 16.5. The highest BCUT2D eigenvalue weighted by Gasteiger charge is 2.19. The lowest BCUT2D eigenvalue weighted by Gasteiger charge is -2.31. The van der Waals surface area contributed by atoms with Gasteiger partial charge in [0, 0.05) is 30.4 Å². The zero-order valence-electron chi connectivity index (χ0n) is 12.5. The van der Waals surface area contributed by atoms with Gasteiger partial charge in [-0.2, -0.15) is 5.10 Å². The predicted molar refractivity (Wildman–Crippen MR) is 82.0 cm³/mol. The molecule has 0 aromatic carbocycles. The fourth-order valence-electron chi connectivity index (χ4n) is 2.58. The van der Waals surface area contributed by atoms with E-state index in [1.54, 1.807) is 0 Å². The molecule has 0 aliphatic carbocycles. The second-order valence-electron chi connectivity index (χ2n) is 5.71. The molecule has 1 aromatic heterocycles. The lowest BCUT2D eigenvalue weighted by Crippen LogP contribution is -2.40. The van der Waals surface area contributed by atoms with Gasteiger partial charge in [0.05, 0.1) is 5.69 Å². The highest BCUT2D eigenvalue weighted by molar-refractivity contribution is 5.85. The fraction of sp³-hybridized carbons (Fsp3) is 0.786. The molecule has 1 N–H and O–H groups in total. The Balaban J connectivity index is 0.00000180. The number of aromatic nitrogens is 2. The van der Waals surface area contributed by atoms with E-state index in [-0.39, 0.29) is 12.4 Å². The molecule has 5 heteroatoms. The zero-order valence-corrected chi connectivity index (χ0v) is 13.3. The molecular formula is C14H27ClN4. The van der Waals surface area contributed by atoms with Crippen LogP contribution in [0.1, 0.15) is 44.0 Å². The Kier molecular flexibility index (Phi) is 6.30. The zero-order chi connectivity index (χ0) is 13.1. The van der Waals surface area contributed by atoms with Crippen molar-refractivity contribution in [2.24, 2.45) is 0 Å². The summed E-state index contributed by atoms with van der Waals surface area (Å²) in [5.74, 6) is 0. The number of hydrogen-bond donors (Lipinski definition) is 1. The molecule has 0 unspecified atom stereocenters. The molecule has 1 aromatic rings. The summed E-state index contributed by atoms with van der Waals surface area (Å²) in [6.45, 7) is 9.78. The third kappa shape index (κ3) is 4.20. The topological polar surface area (TPSA) is 33.1 Å². The van der Waals surface area contributed by atoms with Crippen LogP contribution in [0.25, 0.3) is 0 Å². The quantitative estimate of drug-likeness (QED) is 0.923. The normalized spacial score (nSPS) is 16.9. The van der Waals surface area contributed by atoms with Crippen molar-refractivity contribution in [2.75, 3.05) is 20.1 Å². The Bertz CT molecular complexity index is 383. The Morgan fingerprint density at radius 3 is 2.58 bits per heavy atom. The molecule has 19 heavy (non-hydrogen) atoms. The van der Waals surface area contributed by atoms with Crippen molar-refractivity contribution in [2.45, 2.75) is 52.2 Å². The second-order valence-corrected chi connectivity index (χ2v) is 5.71. The summed E-state index contributed by atoms with van der Waals surface area (Å²) in [6.07, 6.45) is 4.72. The van der Waals surface area contributed by atoms with E-state index in [0.717, 1.165) is 19.6 Å². The minimum absolute atomic E-state index is 0. The average molecular weight is 287 g/mol. The molecule has 0 radical (unpaired) electrons. The number of hydrogen-bond acceptors (Lipinski definition) is 3. The van der Waals surface area contributed by atoms with Gasteiger partial charge in [0.15, 0.2) is 0 Å². The summed E-state index contributed by atoms with van der Waals surface area (Å²) >= 11 is 0. The molecular weight excluding hydrogens is 260 g/mol. The Morgan fingerprint density at radius 2 is 2.05 bits per heavy atom. The standard InChI is InChI=1S/C14H26N4.ClH/c1-11(2)18-10-13(12(3)16-18)9-17(4)14-5-7-15-8-6-14;/h10-11,14-15H,5-9H2,1-4H3;1H. The summed E-state index contributed by atoms with van der Waals surface area (Å²) in [7, 11) is 2.24. The largest absolute Gasteiger partial charge is 0.317 e. The van der Waals surface area contributed by atoms with Gasteiger partial charge >= 0.3 is 0 Å². The van der Waals surface area contributed by atoms with Crippen molar-refractivity contribution in [3.63, 3.8) is 0 Å². The maximum atomic E-state index is 4.59. The van der Waals surface area contributed by atoms with E-state index in [1.165, 1.54) is 24.1 Å². The molecule has 110 valence electrons. The lowest BCUT2D eigenvalue weighted by atomic mass is 10.0. The summed E-state index contributed by atoms with van der Waals surface area (Å²) in [4.78, 5) is 2.48. The molecule has 1 aliphatic heterocycles. The molecule has 1 aliphatic rings. The first-order chi connectivity index (χ1) is 8.58. The van der Waals surface area contributed by atoms with Crippen molar-refractivity contribution in [3.05, 3.63) is 17.5 Å². The SMILES string of the molecule is Cc1nn(C(C)C)cc1CN(C)C1CCNCC1.Cl. The van der Waals surface area contributed by atoms with Crippen LogP contribution in [0.4, 0.5) is 0 Å². The molecule has 0 saturated carbocycles. The van der Waals surface area contributed by atoms with E-state index in [0.29, 0.717) is 12.1 Å². The Labute approximate surface area is 123 Å². The van der Waals surface area contributed by atoms with Crippen LogP contribution in [0.15, 0.2) is 6.20 Å². The number of aryl methyl sites for hydroxylation is 1. The molecule has 1 saturated heterocycles. The van der Waals surface area contributed by atoms with Crippen molar-refractivity contribution < 1.29 is 0 Å². The number of rotatable bonds is 4. The molecule has 0 amide bonds. The number of halogens is 1. The monoisotopic (exact) mass is 286 g/mol. The van der Waals surface area contributed by atoms with Crippen LogP contribution >= 0.6 is 12.4 Å². The maximum Gasteiger partial charge on any atom is 0.0638 e. The summed E-state index contributed by atoms with van der Waals surface area (Å²) in [5, 5.41) is 8.01. The molecule has 1 fully saturated rings. The third-order valence-corrected chi connectivity index (χ3v) is 3.90. The first-order valence-corrected chi connectivity index (χ1v) is 7.03. The van der Waals surface area contributed by atoms with Gasteiger partial charge in [0.25, 0.3) is 0 Å². The van der Waals surface area contributed by atoms with Gasteiger partial charge in [-0.15, -0.1) is 12.4 Å². The van der Waals surface area contributed by atoms with Crippen molar-refractivity contribution in [1.29, 1.82) is 0 Å². The molecule has 2 rings (SSSR count). The molecule has 0 spiro atoms. The van der Waals surface area contributed by atoms with Crippen molar-refractivity contribution in [3.8, 4) is 0 Å². The summed E-state index contributed by atoms with van der Waals surface area (Å²) < 4.78 is 2.07. The number of nitrogens with zero attached hydrogens (tertiary/aromatic N) is 3. The highest BCUT2D eigenvalue weighted by atomic mass is 35.5. The van der Waals surface area contributed by atoms with Gasteiger partial charge in [-0.25, -0.2) is 0 Å². The highest BCUT2D eigenvalue weighted by Crippen LogP contribution is 2.16. The van der Waals surface area contributed by atoms with Crippen LogP contribution in [0, 0.1) is 6.92 Å². The van der Waals surface area contributed by atoms with Crippen LogP contribution in [-0.4, -0.2) is 40.9 Å². The molecule has 2 heterocycles. The predicted octanol–water partition coefficient (Wildman–Crippen LogP) is 2.38. The van der Waals surface area contributed by atoms with E-state index in [9.17, 15) is 0 Å².